The molecule has 0 radical (unpaired) electrons. The fourth-order valence-electron chi connectivity index (χ4n) is 4.91. The summed E-state index contributed by atoms with van der Waals surface area (Å²) in [4.78, 5) is 30.8. The third-order valence-corrected chi connectivity index (χ3v) is 9.68. The van der Waals surface area contributed by atoms with Crippen molar-refractivity contribution < 1.29 is 23.1 Å². The van der Waals surface area contributed by atoms with Crippen LogP contribution in [0, 0.1) is 5.92 Å². The van der Waals surface area contributed by atoms with E-state index in [1.54, 1.807) is 22.5 Å². The fourth-order valence-corrected chi connectivity index (χ4v) is 7.56. The van der Waals surface area contributed by atoms with Gasteiger partial charge in [0.1, 0.15) is 5.72 Å². The number of nitrogens with zero attached hydrogens (tertiary/aromatic N) is 3. The van der Waals surface area contributed by atoms with Gasteiger partial charge >= 0.3 is 0 Å². The summed E-state index contributed by atoms with van der Waals surface area (Å²) in [6.45, 7) is 6.21. The number of nitrogens with one attached hydrogen (secondary N) is 2. The van der Waals surface area contributed by atoms with E-state index in [1.807, 2.05) is 65.2 Å². The van der Waals surface area contributed by atoms with Crippen LogP contribution in [0.3, 0.4) is 0 Å². The molecule has 12 heteroatoms. The Labute approximate surface area is 259 Å². The number of likely N-dealkylation sites (N-methyl/N-ethyl adjacent to an activating group) is 1. The van der Waals surface area contributed by atoms with Crippen LogP contribution in [-0.4, -0.2) is 85.0 Å². The van der Waals surface area contributed by atoms with Crippen LogP contribution in [0.2, 0.25) is 0 Å². The summed E-state index contributed by atoms with van der Waals surface area (Å²) in [5.41, 5.74) is 1.37. The predicted molar refractivity (Wildman–Crippen MR) is 171 cm³/mol. The number of aliphatic hydroxyl groups is 1. The summed E-state index contributed by atoms with van der Waals surface area (Å²) >= 11 is 1.36. The van der Waals surface area contributed by atoms with Gasteiger partial charge in [-0.15, -0.1) is 11.3 Å². The summed E-state index contributed by atoms with van der Waals surface area (Å²) < 4.78 is 30.2. The SMILES string of the molecule is CC(C)CN(C(O)(CCNC(=O)CCCC(C)NC(=O)CN(C)C)Cc1ccccc1)S(=O)(=O)c1ccc2ncsc2c1. The topological polar surface area (TPSA) is 132 Å². The number of aromatic nitrogens is 1. The zero-order valence-electron chi connectivity index (χ0n) is 25.7. The van der Waals surface area contributed by atoms with Gasteiger partial charge in [0.05, 0.1) is 27.2 Å². The van der Waals surface area contributed by atoms with E-state index in [9.17, 15) is 23.1 Å². The Kier molecular flexibility index (Phi) is 12.6. The van der Waals surface area contributed by atoms with Crippen LogP contribution in [0.4, 0.5) is 0 Å². The second-order valence-electron chi connectivity index (χ2n) is 11.8. The molecule has 0 saturated heterocycles. The molecule has 1 aromatic heterocycles. The van der Waals surface area contributed by atoms with Gasteiger partial charge in [-0.05, 0) is 63.5 Å². The molecule has 2 unspecified atom stereocenters. The van der Waals surface area contributed by atoms with Crippen molar-refractivity contribution in [3.63, 3.8) is 0 Å². The van der Waals surface area contributed by atoms with Crippen molar-refractivity contribution in [1.82, 2.24) is 24.8 Å². The van der Waals surface area contributed by atoms with Gasteiger partial charge in [0.25, 0.3) is 0 Å². The Morgan fingerprint density at radius 3 is 2.47 bits per heavy atom. The Morgan fingerprint density at radius 1 is 1.07 bits per heavy atom. The smallest absolute Gasteiger partial charge is 0.245 e. The van der Waals surface area contributed by atoms with Crippen LogP contribution < -0.4 is 10.6 Å². The molecule has 2 aromatic carbocycles. The lowest BCUT2D eigenvalue weighted by Crippen LogP contribution is -2.55. The van der Waals surface area contributed by atoms with E-state index in [4.69, 9.17) is 0 Å². The van der Waals surface area contributed by atoms with Crippen molar-refractivity contribution >= 4 is 43.4 Å². The lowest BCUT2D eigenvalue weighted by atomic mass is 9.98. The molecule has 3 N–H and O–H groups in total. The molecule has 3 rings (SSSR count). The van der Waals surface area contributed by atoms with Gasteiger partial charge in [0.2, 0.25) is 21.8 Å². The van der Waals surface area contributed by atoms with E-state index < -0.39 is 15.7 Å². The molecule has 2 amide bonds. The molecule has 0 spiro atoms. The molecule has 0 fully saturated rings. The number of sulfonamides is 1. The first-order valence-corrected chi connectivity index (χ1v) is 17.0. The highest BCUT2D eigenvalue weighted by molar-refractivity contribution is 7.89. The lowest BCUT2D eigenvalue weighted by molar-refractivity contribution is -0.122. The van der Waals surface area contributed by atoms with Gasteiger partial charge < -0.3 is 20.6 Å². The Morgan fingerprint density at radius 2 is 1.79 bits per heavy atom. The summed E-state index contributed by atoms with van der Waals surface area (Å²) in [7, 11) is -0.467. The third kappa shape index (κ3) is 10.4. The molecule has 1 heterocycles. The van der Waals surface area contributed by atoms with Crippen LogP contribution >= 0.6 is 11.3 Å². The molecule has 3 aromatic rings. The van der Waals surface area contributed by atoms with E-state index in [1.165, 1.54) is 21.7 Å². The van der Waals surface area contributed by atoms with E-state index >= 15 is 0 Å². The molecule has 43 heavy (non-hydrogen) atoms. The molecule has 0 bridgehead atoms. The minimum atomic E-state index is -4.12. The molecule has 10 nitrogen and oxygen atoms in total. The number of carbonyl (C=O) groups is 2. The zero-order valence-corrected chi connectivity index (χ0v) is 27.4. The van der Waals surface area contributed by atoms with Gasteiger partial charge in [-0.3, -0.25) is 9.59 Å². The summed E-state index contributed by atoms with van der Waals surface area (Å²) in [6, 6.07) is 14.0. The largest absolute Gasteiger partial charge is 0.374 e. The number of thiazole rings is 1. The van der Waals surface area contributed by atoms with E-state index in [2.05, 4.69) is 15.6 Å². The number of amides is 2. The highest BCUT2D eigenvalue weighted by Crippen LogP contribution is 2.32. The molecule has 2 atom stereocenters. The lowest BCUT2D eigenvalue weighted by Gasteiger charge is -2.40. The van der Waals surface area contributed by atoms with Crippen molar-refractivity contribution in [3.05, 3.63) is 59.6 Å². The number of benzene rings is 2. The van der Waals surface area contributed by atoms with Crippen molar-refractivity contribution in [2.24, 2.45) is 5.92 Å². The van der Waals surface area contributed by atoms with Gasteiger partial charge in [0.15, 0.2) is 0 Å². The second-order valence-corrected chi connectivity index (χ2v) is 14.5. The monoisotopic (exact) mass is 631 g/mol. The average Bonchev–Trinajstić information content (AvgIpc) is 3.40. The highest BCUT2D eigenvalue weighted by Gasteiger charge is 2.43. The number of fused-ring (bicyclic) bond motifs is 1. The van der Waals surface area contributed by atoms with E-state index in [0.717, 1.165) is 10.3 Å². The highest BCUT2D eigenvalue weighted by atomic mass is 32.2. The third-order valence-electron chi connectivity index (χ3n) is 6.97. The normalized spacial score (nSPS) is 14.3. The predicted octanol–water partition coefficient (Wildman–Crippen LogP) is 3.62. The average molecular weight is 632 g/mol. The molecular formula is C31H45N5O5S2. The molecule has 0 aliphatic heterocycles. The van der Waals surface area contributed by atoms with Crippen LogP contribution in [0.25, 0.3) is 10.2 Å². The molecule has 0 aliphatic rings. The van der Waals surface area contributed by atoms with Gasteiger partial charge in [-0.1, -0.05) is 44.2 Å². The first-order valence-electron chi connectivity index (χ1n) is 14.6. The standard InChI is InChI=1S/C31H45N5O5S2/c1-23(2)20-36(43(40,41)26-14-15-27-28(18-26)42-22-33-27)31(39,19-25-11-7-6-8-12-25)16-17-32-29(37)13-9-10-24(3)34-30(38)21-35(4)5/h6-8,11-12,14-15,18,22-24,39H,9-10,13,16-17,19-21H2,1-5H3,(H,32,37)(H,34,38). The number of carbonyl (C=O) groups excluding carboxylic acids is 2. The van der Waals surface area contributed by atoms with E-state index in [0.29, 0.717) is 24.9 Å². The Balaban J connectivity index is 1.73. The van der Waals surface area contributed by atoms with Crippen molar-refractivity contribution in [1.29, 1.82) is 0 Å². The quantitative estimate of drug-likeness (QED) is 0.194. The molecule has 0 aliphatic carbocycles. The van der Waals surface area contributed by atoms with Crippen molar-refractivity contribution in [2.45, 2.75) is 69.5 Å². The maximum atomic E-state index is 14.1. The minimum absolute atomic E-state index is 0.000613. The summed E-state index contributed by atoms with van der Waals surface area (Å²) in [6.07, 6.45) is 1.54. The molecular weight excluding hydrogens is 587 g/mol. The van der Waals surface area contributed by atoms with Gasteiger partial charge in [0, 0.05) is 38.4 Å². The maximum Gasteiger partial charge on any atom is 0.245 e. The van der Waals surface area contributed by atoms with Crippen LogP contribution in [-0.2, 0) is 26.0 Å². The van der Waals surface area contributed by atoms with Crippen LogP contribution in [0.15, 0.2) is 58.9 Å². The van der Waals surface area contributed by atoms with Gasteiger partial charge in [-0.2, -0.15) is 4.31 Å². The molecule has 236 valence electrons. The summed E-state index contributed by atoms with van der Waals surface area (Å²) in [5.74, 6) is -0.325. The Bertz CT molecular complexity index is 1450. The number of hydrogen-bond donors (Lipinski definition) is 3. The maximum absolute atomic E-state index is 14.1. The first-order chi connectivity index (χ1) is 20.3. The Hall–Kier alpha value is -2.90. The van der Waals surface area contributed by atoms with Crippen LogP contribution in [0.1, 0.15) is 52.0 Å². The van der Waals surface area contributed by atoms with Gasteiger partial charge in [-0.25, -0.2) is 13.4 Å². The number of hydrogen-bond acceptors (Lipinski definition) is 8. The summed E-state index contributed by atoms with van der Waals surface area (Å²) in [5, 5.41) is 18.0. The molecule has 0 saturated carbocycles. The number of rotatable bonds is 17. The van der Waals surface area contributed by atoms with Crippen LogP contribution in [0.5, 0.6) is 0 Å². The minimum Gasteiger partial charge on any atom is -0.374 e. The first kappa shape index (κ1) is 34.6. The van der Waals surface area contributed by atoms with E-state index in [-0.39, 0.29) is 61.0 Å². The van der Waals surface area contributed by atoms with Crippen molar-refractivity contribution in [2.75, 3.05) is 33.7 Å². The zero-order chi connectivity index (χ0) is 31.6. The van der Waals surface area contributed by atoms with Crippen molar-refractivity contribution in [3.8, 4) is 0 Å². The second kappa shape index (κ2) is 15.7. The fraction of sp³-hybridized carbons (Fsp3) is 0.516.